The molecule has 6 nitrogen and oxygen atoms in total. The number of carbonyl (C=O) groups is 2. The summed E-state index contributed by atoms with van der Waals surface area (Å²) >= 11 is 0. The highest BCUT2D eigenvalue weighted by atomic mass is 16.5. The van der Waals surface area contributed by atoms with Crippen molar-refractivity contribution in [2.24, 2.45) is 5.92 Å². The zero-order chi connectivity index (χ0) is 15.7. The Bertz CT molecular complexity index is 449. The third kappa shape index (κ3) is 6.87. The van der Waals surface area contributed by atoms with Crippen molar-refractivity contribution in [2.45, 2.75) is 32.9 Å². The van der Waals surface area contributed by atoms with Crippen molar-refractivity contribution >= 4 is 11.8 Å². The summed E-state index contributed by atoms with van der Waals surface area (Å²) in [5, 5.41) is 14.3. The molecule has 0 saturated carbocycles. The Morgan fingerprint density at radius 2 is 1.86 bits per heavy atom. The van der Waals surface area contributed by atoms with Crippen LogP contribution in [0.5, 0.6) is 0 Å². The zero-order valence-corrected chi connectivity index (χ0v) is 12.4. The van der Waals surface area contributed by atoms with Gasteiger partial charge < -0.3 is 5.32 Å². The van der Waals surface area contributed by atoms with E-state index in [0.29, 0.717) is 13.0 Å². The number of hydrogen-bond acceptors (Lipinski definition) is 4. The maximum atomic E-state index is 11.7. The number of nitrogens with one attached hydrogen (secondary N) is 3. The normalized spacial score (nSPS) is 12.0. The first kappa shape index (κ1) is 17.1. The SMILES string of the molecule is CC(C)CC(NCC(=O)NCc1ccccc1)C(=O)NO. The first-order valence-corrected chi connectivity index (χ1v) is 7.01. The van der Waals surface area contributed by atoms with E-state index in [1.165, 1.54) is 0 Å². The maximum absolute atomic E-state index is 11.7. The van der Waals surface area contributed by atoms with Gasteiger partial charge in [-0.15, -0.1) is 0 Å². The average molecular weight is 293 g/mol. The second-order valence-corrected chi connectivity index (χ2v) is 5.30. The van der Waals surface area contributed by atoms with Crippen LogP contribution in [0.1, 0.15) is 25.8 Å². The topological polar surface area (TPSA) is 90.5 Å². The van der Waals surface area contributed by atoms with Gasteiger partial charge in [0.15, 0.2) is 0 Å². The van der Waals surface area contributed by atoms with E-state index in [1.807, 2.05) is 44.2 Å². The molecule has 116 valence electrons. The molecule has 0 fully saturated rings. The van der Waals surface area contributed by atoms with Crippen LogP contribution in [-0.4, -0.2) is 29.6 Å². The molecule has 0 aliphatic carbocycles. The maximum Gasteiger partial charge on any atom is 0.260 e. The lowest BCUT2D eigenvalue weighted by Gasteiger charge is -2.18. The highest BCUT2D eigenvalue weighted by molar-refractivity contribution is 5.82. The van der Waals surface area contributed by atoms with Crippen molar-refractivity contribution in [2.75, 3.05) is 6.54 Å². The minimum atomic E-state index is -0.586. The monoisotopic (exact) mass is 293 g/mol. The minimum absolute atomic E-state index is 0.0254. The number of rotatable bonds is 8. The number of carbonyl (C=O) groups excluding carboxylic acids is 2. The van der Waals surface area contributed by atoms with Gasteiger partial charge in [0, 0.05) is 6.54 Å². The zero-order valence-electron chi connectivity index (χ0n) is 12.4. The first-order chi connectivity index (χ1) is 10.0. The van der Waals surface area contributed by atoms with Gasteiger partial charge in [0.2, 0.25) is 5.91 Å². The molecule has 1 rings (SSSR count). The molecular weight excluding hydrogens is 270 g/mol. The molecular formula is C15H23N3O3. The lowest BCUT2D eigenvalue weighted by molar-refractivity contribution is -0.132. The number of hydroxylamine groups is 1. The van der Waals surface area contributed by atoms with Crippen LogP contribution in [0.15, 0.2) is 30.3 Å². The lowest BCUT2D eigenvalue weighted by Crippen LogP contribution is -2.47. The van der Waals surface area contributed by atoms with Gasteiger partial charge in [0.25, 0.3) is 5.91 Å². The molecule has 0 saturated heterocycles. The molecule has 0 heterocycles. The average Bonchev–Trinajstić information content (AvgIpc) is 2.49. The van der Waals surface area contributed by atoms with E-state index in [1.54, 1.807) is 5.48 Å². The van der Waals surface area contributed by atoms with E-state index in [0.717, 1.165) is 5.56 Å². The molecule has 1 unspecified atom stereocenters. The van der Waals surface area contributed by atoms with Crippen molar-refractivity contribution in [3.63, 3.8) is 0 Å². The molecule has 1 aromatic carbocycles. The fourth-order valence-electron chi connectivity index (χ4n) is 1.91. The second kappa shape index (κ2) is 9.10. The predicted octanol–water partition coefficient (Wildman–Crippen LogP) is 0.813. The van der Waals surface area contributed by atoms with Gasteiger partial charge in [0.05, 0.1) is 12.6 Å². The fraction of sp³-hybridized carbons (Fsp3) is 0.467. The Morgan fingerprint density at radius 3 is 2.43 bits per heavy atom. The van der Waals surface area contributed by atoms with Gasteiger partial charge >= 0.3 is 0 Å². The standard InChI is InChI=1S/C15H23N3O3/c1-11(2)8-13(15(20)18-21)16-10-14(19)17-9-12-6-4-3-5-7-12/h3-7,11,13,16,21H,8-10H2,1-2H3,(H,17,19)(H,18,20). The quantitative estimate of drug-likeness (QED) is 0.422. The fourth-order valence-corrected chi connectivity index (χ4v) is 1.91. The molecule has 0 spiro atoms. The smallest absolute Gasteiger partial charge is 0.260 e. The summed E-state index contributed by atoms with van der Waals surface area (Å²) in [4.78, 5) is 23.2. The molecule has 0 radical (unpaired) electrons. The predicted molar refractivity (Wildman–Crippen MR) is 79.5 cm³/mol. The molecule has 0 aromatic heterocycles. The van der Waals surface area contributed by atoms with Crippen LogP contribution < -0.4 is 16.1 Å². The first-order valence-electron chi connectivity index (χ1n) is 7.01. The number of hydrogen-bond donors (Lipinski definition) is 4. The van der Waals surface area contributed by atoms with Crippen LogP contribution >= 0.6 is 0 Å². The van der Waals surface area contributed by atoms with Gasteiger partial charge in [-0.05, 0) is 17.9 Å². The van der Waals surface area contributed by atoms with Gasteiger partial charge in [-0.1, -0.05) is 44.2 Å². The molecule has 0 bridgehead atoms. The summed E-state index contributed by atoms with van der Waals surface area (Å²) in [6.45, 7) is 4.41. The summed E-state index contributed by atoms with van der Waals surface area (Å²) in [6, 6.07) is 8.99. The van der Waals surface area contributed by atoms with Crippen LogP contribution in [0.25, 0.3) is 0 Å². The van der Waals surface area contributed by atoms with Crippen LogP contribution in [-0.2, 0) is 16.1 Å². The molecule has 0 aliphatic rings. The summed E-state index contributed by atoms with van der Waals surface area (Å²) < 4.78 is 0. The third-order valence-electron chi connectivity index (χ3n) is 2.98. The number of benzene rings is 1. The van der Waals surface area contributed by atoms with Crippen LogP contribution in [0.4, 0.5) is 0 Å². The molecule has 1 aromatic rings. The Morgan fingerprint density at radius 1 is 1.19 bits per heavy atom. The van der Waals surface area contributed by atoms with Crippen LogP contribution in [0, 0.1) is 5.92 Å². The largest absolute Gasteiger partial charge is 0.351 e. The van der Waals surface area contributed by atoms with Crippen LogP contribution in [0.2, 0.25) is 0 Å². The Hall–Kier alpha value is -1.92. The second-order valence-electron chi connectivity index (χ2n) is 5.30. The van der Waals surface area contributed by atoms with E-state index < -0.39 is 11.9 Å². The van der Waals surface area contributed by atoms with Crippen molar-refractivity contribution in [3.8, 4) is 0 Å². The lowest BCUT2D eigenvalue weighted by atomic mass is 10.0. The Kier molecular flexibility index (Phi) is 7.42. The van der Waals surface area contributed by atoms with Crippen LogP contribution in [0.3, 0.4) is 0 Å². The molecule has 4 N–H and O–H groups in total. The van der Waals surface area contributed by atoms with Gasteiger partial charge in [-0.2, -0.15) is 0 Å². The summed E-state index contributed by atoms with van der Waals surface area (Å²) in [5.74, 6) is -0.454. The molecule has 1 atom stereocenters. The molecule has 21 heavy (non-hydrogen) atoms. The third-order valence-corrected chi connectivity index (χ3v) is 2.98. The van der Waals surface area contributed by atoms with Crippen molar-refractivity contribution in [1.29, 1.82) is 0 Å². The van der Waals surface area contributed by atoms with Gasteiger partial charge in [0.1, 0.15) is 0 Å². The van der Waals surface area contributed by atoms with E-state index in [4.69, 9.17) is 5.21 Å². The molecule has 0 aliphatic heterocycles. The van der Waals surface area contributed by atoms with Crippen molar-refractivity contribution in [3.05, 3.63) is 35.9 Å². The summed E-state index contributed by atoms with van der Waals surface area (Å²) in [6.07, 6.45) is 0.540. The van der Waals surface area contributed by atoms with Gasteiger partial charge in [-0.3, -0.25) is 20.1 Å². The van der Waals surface area contributed by atoms with E-state index >= 15 is 0 Å². The molecule has 6 heteroatoms. The summed E-state index contributed by atoms with van der Waals surface area (Å²) in [7, 11) is 0. The van der Waals surface area contributed by atoms with Crippen molar-refractivity contribution in [1.82, 2.24) is 16.1 Å². The van der Waals surface area contributed by atoms with E-state index in [-0.39, 0.29) is 18.4 Å². The van der Waals surface area contributed by atoms with E-state index in [9.17, 15) is 9.59 Å². The Balaban J connectivity index is 2.37. The summed E-state index contributed by atoms with van der Waals surface area (Å²) in [5.41, 5.74) is 2.63. The Labute approximate surface area is 124 Å². The van der Waals surface area contributed by atoms with Crippen molar-refractivity contribution < 1.29 is 14.8 Å². The number of amides is 2. The highest BCUT2D eigenvalue weighted by Crippen LogP contribution is 2.04. The highest BCUT2D eigenvalue weighted by Gasteiger charge is 2.19. The molecule has 2 amide bonds. The van der Waals surface area contributed by atoms with Gasteiger partial charge in [-0.25, -0.2) is 5.48 Å². The minimum Gasteiger partial charge on any atom is -0.351 e. The van der Waals surface area contributed by atoms with E-state index in [2.05, 4.69) is 10.6 Å².